The number of nitrogens with one attached hydrogen (secondary N) is 1. The average Bonchev–Trinajstić information content (AvgIpc) is 2.56. The molecule has 0 aliphatic rings. The Labute approximate surface area is 136 Å². The number of nitrogens with zero attached hydrogens (tertiary/aromatic N) is 1. The number of benzene rings is 2. The molecule has 120 valence electrons. The Morgan fingerprint density at radius 2 is 1.74 bits per heavy atom. The van der Waals surface area contributed by atoms with Crippen molar-refractivity contribution < 1.29 is 13.2 Å². The van der Waals surface area contributed by atoms with Crippen molar-refractivity contribution >= 4 is 15.7 Å². The van der Waals surface area contributed by atoms with Crippen LogP contribution in [0.4, 0.5) is 5.69 Å². The zero-order valence-electron chi connectivity index (χ0n) is 12.8. The Morgan fingerprint density at radius 1 is 1.09 bits per heavy atom. The summed E-state index contributed by atoms with van der Waals surface area (Å²) in [4.78, 5) is 0.157. The molecule has 0 saturated carbocycles. The fourth-order valence-electron chi connectivity index (χ4n) is 1.88. The first-order valence-corrected chi connectivity index (χ1v) is 8.79. The number of rotatable bonds is 7. The first kappa shape index (κ1) is 16.8. The number of anilines is 1. The van der Waals surface area contributed by atoms with Crippen molar-refractivity contribution in [3.63, 3.8) is 0 Å². The molecule has 0 bridgehead atoms. The SMILES string of the molecule is CCCCOc1ccc(S(=O)(=O)Nc2ccc(C#N)cc2)cc1. The van der Waals surface area contributed by atoms with E-state index in [1.807, 2.05) is 6.07 Å². The third-order valence-corrected chi connectivity index (χ3v) is 4.56. The van der Waals surface area contributed by atoms with E-state index in [-0.39, 0.29) is 4.90 Å². The van der Waals surface area contributed by atoms with E-state index in [9.17, 15) is 8.42 Å². The van der Waals surface area contributed by atoms with E-state index >= 15 is 0 Å². The highest BCUT2D eigenvalue weighted by molar-refractivity contribution is 7.92. The van der Waals surface area contributed by atoms with Crippen molar-refractivity contribution in [3.05, 3.63) is 54.1 Å². The minimum atomic E-state index is -3.66. The van der Waals surface area contributed by atoms with Crippen molar-refractivity contribution in [3.8, 4) is 11.8 Å². The summed E-state index contributed by atoms with van der Waals surface area (Å²) in [5, 5.41) is 8.74. The van der Waals surface area contributed by atoms with Gasteiger partial charge in [0, 0.05) is 5.69 Å². The molecule has 0 aliphatic carbocycles. The molecule has 0 aliphatic heterocycles. The van der Waals surface area contributed by atoms with Crippen molar-refractivity contribution in [2.45, 2.75) is 24.7 Å². The Balaban J connectivity index is 2.08. The maximum Gasteiger partial charge on any atom is 0.261 e. The van der Waals surface area contributed by atoms with Gasteiger partial charge in [-0.2, -0.15) is 5.26 Å². The molecule has 0 aromatic heterocycles. The topological polar surface area (TPSA) is 79.2 Å². The summed E-state index contributed by atoms with van der Waals surface area (Å²) in [6.07, 6.45) is 2.00. The third kappa shape index (κ3) is 4.73. The normalized spacial score (nSPS) is 10.8. The van der Waals surface area contributed by atoms with Crippen LogP contribution in [0.25, 0.3) is 0 Å². The number of hydrogen-bond donors (Lipinski definition) is 1. The predicted octanol–water partition coefficient (Wildman–Crippen LogP) is 3.54. The molecule has 2 rings (SSSR count). The van der Waals surface area contributed by atoms with Crippen LogP contribution in [0.1, 0.15) is 25.3 Å². The highest BCUT2D eigenvalue weighted by atomic mass is 32.2. The fraction of sp³-hybridized carbons (Fsp3) is 0.235. The Bertz CT molecular complexity index is 776. The second-order valence-electron chi connectivity index (χ2n) is 4.97. The number of unbranched alkanes of at least 4 members (excludes halogenated alkanes) is 1. The maximum absolute atomic E-state index is 12.3. The van der Waals surface area contributed by atoms with Crippen LogP contribution in [0.2, 0.25) is 0 Å². The average molecular weight is 330 g/mol. The number of ether oxygens (including phenoxy) is 1. The second-order valence-corrected chi connectivity index (χ2v) is 6.65. The molecule has 5 nitrogen and oxygen atoms in total. The van der Waals surface area contributed by atoms with Crippen molar-refractivity contribution in [2.75, 3.05) is 11.3 Å². The molecule has 0 atom stereocenters. The van der Waals surface area contributed by atoms with Gasteiger partial charge in [0.05, 0.1) is 23.1 Å². The Hall–Kier alpha value is -2.52. The van der Waals surface area contributed by atoms with E-state index in [1.54, 1.807) is 36.4 Å². The molecule has 23 heavy (non-hydrogen) atoms. The molecule has 0 amide bonds. The highest BCUT2D eigenvalue weighted by Gasteiger charge is 2.14. The second kappa shape index (κ2) is 7.65. The lowest BCUT2D eigenvalue weighted by molar-refractivity contribution is 0.309. The zero-order valence-corrected chi connectivity index (χ0v) is 13.6. The van der Waals surface area contributed by atoms with E-state index in [4.69, 9.17) is 10.00 Å². The van der Waals surface area contributed by atoms with Crippen LogP contribution >= 0.6 is 0 Å². The quantitative estimate of drug-likeness (QED) is 0.788. The van der Waals surface area contributed by atoms with E-state index in [2.05, 4.69) is 11.6 Å². The summed E-state index contributed by atoms with van der Waals surface area (Å²) in [7, 11) is -3.66. The van der Waals surface area contributed by atoms with Gasteiger partial charge in [-0.25, -0.2) is 8.42 Å². The van der Waals surface area contributed by atoms with Gasteiger partial charge >= 0.3 is 0 Å². The lowest BCUT2D eigenvalue weighted by atomic mass is 10.2. The predicted molar refractivity (Wildman–Crippen MR) is 88.8 cm³/mol. The van der Waals surface area contributed by atoms with E-state index in [0.717, 1.165) is 12.8 Å². The largest absolute Gasteiger partial charge is 0.494 e. The zero-order chi connectivity index (χ0) is 16.7. The van der Waals surface area contributed by atoms with Crippen molar-refractivity contribution in [1.29, 1.82) is 5.26 Å². The highest BCUT2D eigenvalue weighted by Crippen LogP contribution is 2.19. The van der Waals surface area contributed by atoms with Crippen LogP contribution in [-0.2, 0) is 10.0 Å². The summed E-state index contributed by atoms with van der Waals surface area (Å²) in [6, 6.07) is 14.5. The van der Waals surface area contributed by atoms with E-state index in [1.165, 1.54) is 12.1 Å². The Morgan fingerprint density at radius 3 is 2.30 bits per heavy atom. The van der Waals surface area contributed by atoms with Crippen LogP contribution in [0.15, 0.2) is 53.4 Å². The lowest BCUT2D eigenvalue weighted by Crippen LogP contribution is -2.12. The van der Waals surface area contributed by atoms with Gasteiger partial charge in [0.15, 0.2) is 0 Å². The van der Waals surface area contributed by atoms with Crippen LogP contribution < -0.4 is 9.46 Å². The molecule has 2 aromatic carbocycles. The van der Waals surface area contributed by atoms with Crippen LogP contribution in [0.5, 0.6) is 5.75 Å². The maximum atomic E-state index is 12.3. The minimum Gasteiger partial charge on any atom is -0.494 e. The third-order valence-electron chi connectivity index (χ3n) is 3.17. The first-order chi connectivity index (χ1) is 11.0. The lowest BCUT2D eigenvalue weighted by Gasteiger charge is -2.09. The summed E-state index contributed by atoms with van der Waals surface area (Å²) in [6.45, 7) is 2.69. The number of nitriles is 1. The molecular weight excluding hydrogens is 312 g/mol. The van der Waals surface area contributed by atoms with Crippen LogP contribution in [0, 0.1) is 11.3 Å². The monoisotopic (exact) mass is 330 g/mol. The first-order valence-electron chi connectivity index (χ1n) is 7.31. The smallest absolute Gasteiger partial charge is 0.261 e. The molecule has 6 heteroatoms. The van der Waals surface area contributed by atoms with Crippen LogP contribution in [0.3, 0.4) is 0 Å². The number of hydrogen-bond acceptors (Lipinski definition) is 4. The van der Waals surface area contributed by atoms with E-state index < -0.39 is 10.0 Å². The van der Waals surface area contributed by atoms with Crippen LogP contribution in [-0.4, -0.2) is 15.0 Å². The van der Waals surface area contributed by atoms with Gasteiger partial charge in [-0.15, -0.1) is 0 Å². The fourth-order valence-corrected chi connectivity index (χ4v) is 2.93. The number of sulfonamides is 1. The minimum absolute atomic E-state index is 0.157. The van der Waals surface area contributed by atoms with Gasteiger partial charge in [0.25, 0.3) is 10.0 Å². The van der Waals surface area contributed by atoms with Gasteiger partial charge in [-0.05, 0) is 55.0 Å². The molecule has 0 heterocycles. The molecule has 0 saturated heterocycles. The summed E-state index contributed by atoms with van der Waals surface area (Å²) in [5.41, 5.74) is 0.883. The molecule has 1 N–H and O–H groups in total. The van der Waals surface area contributed by atoms with Crippen molar-refractivity contribution in [2.24, 2.45) is 0 Å². The molecule has 0 unspecified atom stereocenters. The molecule has 0 spiro atoms. The Kier molecular flexibility index (Phi) is 5.61. The molecule has 0 radical (unpaired) electrons. The van der Waals surface area contributed by atoms with Gasteiger partial charge < -0.3 is 4.74 Å². The summed E-state index contributed by atoms with van der Waals surface area (Å²) < 4.78 is 32.6. The molecule has 0 fully saturated rings. The standard InChI is InChI=1S/C17H18N2O3S/c1-2-3-12-22-16-8-10-17(11-9-16)23(20,21)19-15-6-4-14(13-18)5-7-15/h4-11,19H,2-3,12H2,1H3. The summed E-state index contributed by atoms with van der Waals surface area (Å²) in [5.74, 6) is 0.649. The summed E-state index contributed by atoms with van der Waals surface area (Å²) >= 11 is 0. The van der Waals surface area contributed by atoms with Gasteiger partial charge in [0.2, 0.25) is 0 Å². The molecular formula is C17H18N2O3S. The van der Waals surface area contributed by atoms with Crippen molar-refractivity contribution in [1.82, 2.24) is 0 Å². The van der Waals surface area contributed by atoms with E-state index in [0.29, 0.717) is 23.6 Å². The van der Waals surface area contributed by atoms with Gasteiger partial charge in [0.1, 0.15) is 5.75 Å². The van der Waals surface area contributed by atoms with Gasteiger partial charge in [-0.1, -0.05) is 13.3 Å². The van der Waals surface area contributed by atoms with Gasteiger partial charge in [-0.3, -0.25) is 4.72 Å². The molecule has 2 aromatic rings.